The Morgan fingerprint density at radius 2 is 1.61 bits per heavy atom. The molecular weight excluding hydrogens is 443 g/mol. The van der Waals surface area contributed by atoms with Crippen molar-refractivity contribution in [3.8, 4) is 11.5 Å². The Hall–Kier alpha value is -2.16. The first-order chi connectivity index (χ1) is 15.9. The fourth-order valence-corrected chi connectivity index (χ4v) is 6.25. The number of sulfonamides is 1. The molecule has 2 fully saturated rings. The maximum Gasteiger partial charge on any atom is 0.214 e. The third kappa shape index (κ3) is 6.25. The van der Waals surface area contributed by atoms with E-state index in [-0.39, 0.29) is 17.7 Å². The highest BCUT2D eigenvalue weighted by Gasteiger charge is 2.32. The van der Waals surface area contributed by atoms with E-state index in [0.717, 1.165) is 50.1 Å². The Bertz CT molecular complexity index is 999. The third-order valence-corrected chi connectivity index (χ3v) is 8.62. The van der Waals surface area contributed by atoms with E-state index in [1.54, 1.807) is 29.6 Å². The summed E-state index contributed by atoms with van der Waals surface area (Å²) in [4.78, 5) is 2.45. The van der Waals surface area contributed by atoms with Crippen LogP contribution in [0.3, 0.4) is 0 Å². The molecule has 6 nitrogen and oxygen atoms in total. The second kappa shape index (κ2) is 10.8. The molecule has 2 aliphatic heterocycles. The average molecular weight is 477 g/mol. The number of ether oxygens (including phenoxy) is 2. The van der Waals surface area contributed by atoms with E-state index in [4.69, 9.17) is 9.47 Å². The van der Waals surface area contributed by atoms with Crippen LogP contribution in [0.15, 0.2) is 48.5 Å². The first kappa shape index (κ1) is 24.0. The summed E-state index contributed by atoms with van der Waals surface area (Å²) in [5.41, 5.74) is 0.995. The number of piperidine rings is 2. The lowest BCUT2D eigenvalue weighted by Gasteiger charge is -2.41. The van der Waals surface area contributed by atoms with Crippen molar-refractivity contribution in [3.05, 3.63) is 59.9 Å². The first-order valence-electron chi connectivity index (χ1n) is 11.7. The molecule has 180 valence electrons. The number of hydrogen-bond donors (Lipinski definition) is 0. The van der Waals surface area contributed by atoms with Crippen molar-refractivity contribution in [2.75, 3.05) is 39.0 Å². The van der Waals surface area contributed by atoms with Crippen molar-refractivity contribution in [3.63, 3.8) is 0 Å². The molecule has 8 heteroatoms. The average Bonchev–Trinajstić information content (AvgIpc) is 2.85. The summed E-state index contributed by atoms with van der Waals surface area (Å²) < 4.78 is 52.2. The number of aryl methyl sites for hydroxylation is 1. The van der Waals surface area contributed by atoms with E-state index in [2.05, 4.69) is 4.90 Å². The van der Waals surface area contributed by atoms with Crippen LogP contribution in [0.4, 0.5) is 4.39 Å². The molecule has 2 aromatic rings. The van der Waals surface area contributed by atoms with Gasteiger partial charge in [-0.15, -0.1) is 0 Å². The van der Waals surface area contributed by atoms with Crippen LogP contribution in [-0.2, 0) is 16.4 Å². The van der Waals surface area contributed by atoms with Gasteiger partial charge in [0.05, 0.1) is 12.9 Å². The van der Waals surface area contributed by atoms with E-state index >= 15 is 0 Å². The Kier molecular flexibility index (Phi) is 7.88. The number of para-hydroxylation sites is 1. The SMILES string of the molecule is COc1ccc(CCS(=O)(=O)N2CCC(N3CCC(Oc4ccccc4F)CC3)CC2)cc1. The van der Waals surface area contributed by atoms with Gasteiger partial charge >= 0.3 is 0 Å². The lowest BCUT2D eigenvalue weighted by atomic mass is 10.00. The molecular formula is C25H33FN2O4S. The van der Waals surface area contributed by atoms with Crippen LogP contribution in [0.25, 0.3) is 0 Å². The van der Waals surface area contributed by atoms with Gasteiger partial charge in [-0.2, -0.15) is 0 Å². The molecule has 0 atom stereocenters. The van der Waals surface area contributed by atoms with Gasteiger partial charge in [0.15, 0.2) is 11.6 Å². The van der Waals surface area contributed by atoms with Gasteiger partial charge in [-0.3, -0.25) is 0 Å². The van der Waals surface area contributed by atoms with Gasteiger partial charge in [-0.05, 0) is 61.9 Å². The van der Waals surface area contributed by atoms with E-state index in [9.17, 15) is 12.8 Å². The molecule has 33 heavy (non-hydrogen) atoms. The van der Waals surface area contributed by atoms with E-state index in [1.807, 2.05) is 24.3 Å². The van der Waals surface area contributed by atoms with Gasteiger partial charge in [0.2, 0.25) is 10.0 Å². The molecule has 0 spiro atoms. The third-order valence-electron chi connectivity index (χ3n) is 6.75. The number of rotatable bonds is 8. The van der Waals surface area contributed by atoms with Crippen LogP contribution in [0.2, 0.25) is 0 Å². The number of nitrogens with zero attached hydrogens (tertiary/aromatic N) is 2. The highest BCUT2D eigenvalue weighted by Crippen LogP contribution is 2.26. The van der Waals surface area contributed by atoms with Gasteiger partial charge in [-0.25, -0.2) is 17.1 Å². The van der Waals surface area contributed by atoms with Gasteiger partial charge in [-0.1, -0.05) is 24.3 Å². The van der Waals surface area contributed by atoms with Crippen molar-refractivity contribution < 1.29 is 22.3 Å². The van der Waals surface area contributed by atoms with Gasteiger partial charge in [0.25, 0.3) is 0 Å². The molecule has 0 aliphatic carbocycles. The second-order valence-electron chi connectivity index (χ2n) is 8.83. The zero-order valence-corrected chi connectivity index (χ0v) is 20.0. The maximum atomic E-state index is 13.8. The van der Waals surface area contributed by atoms with Gasteiger partial charge in [0.1, 0.15) is 11.9 Å². The van der Waals surface area contributed by atoms with Gasteiger partial charge in [0, 0.05) is 32.2 Å². The van der Waals surface area contributed by atoms with Crippen molar-refractivity contribution in [2.45, 2.75) is 44.2 Å². The quantitative estimate of drug-likeness (QED) is 0.581. The molecule has 0 radical (unpaired) electrons. The molecule has 2 aliphatic rings. The van der Waals surface area contributed by atoms with Crippen LogP contribution in [0.1, 0.15) is 31.2 Å². The minimum Gasteiger partial charge on any atom is -0.497 e. The number of hydrogen-bond acceptors (Lipinski definition) is 5. The molecule has 2 aromatic carbocycles. The summed E-state index contributed by atoms with van der Waals surface area (Å²) in [7, 11) is -1.65. The fraction of sp³-hybridized carbons (Fsp3) is 0.520. The lowest BCUT2D eigenvalue weighted by molar-refractivity contribution is 0.0568. The predicted octanol–water partition coefficient (Wildman–Crippen LogP) is 3.71. The summed E-state index contributed by atoms with van der Waals surface area (Å²) in [6, 6.07) is 14.5. The summed E-state index contributed by atoms with van der Waals surface area (Å²) in [5, 5.41) is 0. The Balaban J connectivity index is 1.21. The summed E-state index contributed by atoms with van der Waals surface area (Å²) in [6.45, 7) is 2.94. The second-order valence-corrected chi connectivity index (χ2v) is 10.9. The largest absolute Gasteiger partial charge is 0.497 e. The van der Waals surface area contributed by atoms with Crippen molar-refractivity contribution in [2.24, 2.45) is 0 Å². The molecule has 0 unspecified atom stereocenters. The van der Waals surface area contributed by atoms with E-state index in [0.29, 0.717) is 31.3 Å². The smallest absolute Gasteiger partial charge is 0.214 e. The summed E-state index contributed by atoms with van der Waals surface area (Å²) in [6.07, 6.45) is 3.93. The molecule has 0 N–H and O–H groups in total. The normalized spacial score (nSPS) is 19.5. The number of methoxy groups -OCH3 is 1. The van der Waals surface area contributed by atoms with Crippen LogP contribution < -0.4 is 9.47 Å². The zero-order chi connectivity index (χ0) is 23.3. The monoisotopic (exact) mass is 476 g/mol. The van der Waals surface area contributed by atoms with Gasteiger partial charge < -0.3 is 14.4 Å². The highest BCUT2D eigenvalue weighted by atomic mass is 32.2. The number of benzene rings is 2. The Morgan fingerprint density at radius 3 is 2.24 bits per heavy atom. The van der Waals surface area contributed by atoms with E-state index in [1.165, 1.54) is 6.07 Å². The highest BCUT2D eigenvalue weighted by molar-refractivity contribution is 7.89. The summed E-state index contributed by atoms with van der Waals surface area (Å²) in [5.74, 6) is 0.902. The number of halogens is 1. The van der Waals surface area contributed by atoms with E-state index < -0.39 is 10.0 Å². The molecule has 2 heterocycles. The summed E-state index contributed by atoms with van der Waals surface area (Å²) >= 11 is 0. The topological polar surface area (TPSA) is 59.1 Å². The standard InChI is InChI=1S/C25H33FN2O4S/c1-31-22-8-6-20(7-9-22)14-19-33(29,30)28-17-10-21(11-18-28)27-15-12-23(13-16-27)32-25-5-3-2-4-24(25)26/h2-9,21,23H,10-19H2,1H3. The van der Waals surface area contributed by atoms with Crippen molar-refractivity contribution in [1.82, 2.24) is 9.21 Å². The van der Waals surface area contributed by atoms with Crippen molar-refractivity contribution >= 4 is 10.0 Å². The molecule has 0 bridgehead atoms. The van der Waals surface area contributed by atoms with Crippen LogP contribution in [0, 0.1) is 5.82 Å². The lowest BCUT2D eigenvalue weighted by Crippen LogP contribution is -2.50. The molecule has 0 aromatic heterocycles. The zero-order valence-electron chi connectivity index (χ0n) is 19.2. The Morgan fingerprint density at radius 1 is 0.939 bits per heavy atom. The molecule has 0 saturated carbocycles. The van der Waals surface area contributed by atoms with Crippen LogP contribution in [-0.4, -0.2) is 68.8 Å². The van der Waals surface area contributed by atoms with Crippen molar-refractivity contribution in [1.29, 1.82) is 0 Å². The Labute approximate surface area is 196 Å². The molecule has 0 amide bonds. The molecule has 2 saturated heterocycles. The van der Waals surface area contributed by atoms with Crippen LogP contribution in [0.5, 0.6) is 11.5 Å². The molecule has 4 rings (SSSR count). The number of likely N-dealkylation sites (tertiary alicyclic amines) is 1. The minimum absolute atomic E-state index is 0.0246. The minimum atomic E-state index is -3.27. The van der Waals surface area contributed by atoms with Crippen LogP contribution >= 0.6 is 0 Å². The first-order valence-corrected chi connectivity index (χ1v) is 13.3. The predicted molar refractivity (Wildman–Crippen MR) is 127 cm³/mol. The fourth-order valence-electron chi connectivity index (χ4n) is 4.73. The maximum absolute atomic E-state index is 13.8.